The topological polar surface area (TPSA) is 61.8 Å². The molecule has 29 heavy (non-hydrogen) atoms. The zero-order valence-electron chi connectivity index (χ0n) is 17.6. The lowest BCUT2D eigenvalue weighted by molar-refractivity contribution is 0.414. The maximum absolute atomic E-state index is 5.37. The summed E-state index contributed by atoms with van der Waals surface area (Å²) < 4.78 is 5.37. The van der Waals surface area contributed by atoms with Crippen molar-refractivity contribution in [3.8, 4) is 5.75 Å². The number of aliphatic imine (C=N–C) groups is 1. The SMILES string of the molecule is CN=C(NCc1csc(C(C)C)n1)NC1CCCN(c2cccc(OC)c2)C1.I. The van der Waals surface area contributed by atoms with Gasteiger partial charge in [0.2, 0.25) is 0 Å². The lowest BCUT2D eigenvalue weighted by Crippen LogP contribution is -2.51. The first-order chi connectivity index (χ1) is 13.6. The van der Waals surface area contributed by atoms with Crippen molar-refractivity contribution in [1.29, 1.82) is 0 Å². The molecule has 2 heterocycles. The molecule has 8 heteroatoms. The Balaban J connectivity index is 0.00000300. The molecular weight excluding hydrogens is 497 g/mol. The molecule has 1 unspecified atom stereocenters. The van der Waals surface area contributed by atoms with Crippen LogP contribution in [0.3, 0.4) is 0 Å². The molecule has 0 bridgehead atoms. The van der Waals surface area contributed by atoms with E-state index >= 15 is 0 Å². The van der Waals surface area contributed by atoms with E-state index in [1.165, 1.54) is 10.7 Å². The van der Waals surface area contributed by atoms with Crippen molar-refractivity contribution in [1.82, 2.24) is 15.6 Å². The van der Waals surface area contributed by atoms with Gasteiger partial charge in [0.15, 0.2) is 5.96 Å². The van der Waals surface area contributed by atoms with Crippen LogP contribution < -0.4 is 20.3 Å². The number of nitrogens with one attached hydrogen (secondary N) is 2. The second-order valence-electron chi connectivity index (χ2n) is 7.39. The van der Waals surface area contributed by atoms with E-state index in [1.54, 1.807) is 18.4 Å². The van der Waals surface area contributed by atoms with E-state index < -0.39 is 0 Å². The molecule has 6 nitrogen and oxygen atoms in total. The van der Waals surface area contributed by atoms with Gasteiger partial charge in [-0.25, -0.2) is 4.98 Å². The number of benzene rings is 1. The van der Waals surface area contributed by atoms with Gasteiger partial charge in [0, 0.05) is 49.2 Å². The van der Waals surface area contributed by atoms with Crippen LogP contribution in [0.4, 0.5) is 5.69 Å². The standard InChI is InChI=1S/C21H31N5OS.HI/c1-15(2)20-24-17(14-28-20)12-23-21(22-3)25-16-7-6-10-26(13-16)18-8-5-9-19(11-18)27-4;/h5,8-9,11,14-16H,6-7,10,12-13H2,1-4H3,(H2,22,23,25);1H. The van der Waals surface area contributed by atoms with E-state index in [4.69, 9.17) is 4.74 Å². The van der Waals surface area contributed by atoms with Gasteiger partial charge >= 0.3 is 0 Å². The first-order valence-electron chi connectivity index (χ1n) is 9.89. The van der Waals surface area contributed by atoms with E-state index in [9.17, 15) is 0 Å². The molecule has 0 aliphatic carbocycles. The zero-order chi connectivity index (χ0) is 19.9. The normalized spacial score (nSPS) is 17.1. The number of anilines is 1. The molecule has 1 aromatic carbocycles. The van der Waals surface area contributed by atoms with Crippen LogP contribution in [0.15, 0.2) is 34.6 Å². The largest absolute Gasteiger partial charge is 0.497 e. The van der Waals surface area contributed by atoms with Gasteiger partial charge in [-0.05, 0) is 25.0 Å². The molecule has 0 spiro atoms. The van der Waals surface area contributed by atoms with Crippen LogP contribution in [0.1, 0.15) is 43.3 Å². The minimum atomic E-state index is 0. The highest BCUT2D eigenvalue weighted by Crippen LogP contribution is 2.24. The van der Waals surface area contributed by atoms with Crippen LogP contribution in [0.5, 0.6) is 5.75 Å². The van der Waals surface area contributed by atoms with Gasteiger partial charge in [0.25, 0.3) is 0 Å². The number of hydrogen-bond donors (Lipinski definition) is 2. The van der Waals surface area contributed by atoms with Gasteiger partial charge in [-0.3, -0.25) is 4.99 Å². The van der Waals surface area contributed by atoms with Gasteiger partial charge in [-0.2, -0.15) is 0 Å². The summed E-state index contributed by atoms with van der Waals surface area (Å²) in [6.45, 7) is 7.05. The van der Waals surface area contributed by atoms with Crippen molar-refractivity contribution in [2.45, 2.75) is 45.2 Å². The molecule has 2 aromatic rings. The van der Waals surface area contributed by atoms with Crippen molar-refractivity contribution in [2.75, 3.05) is 32.1 Å². The highest BCUT2D eigenvalue weighted by molar-refractivity contribution is 14.0. The summed E-state index contributed by atoms with van der Waals surface area (Å²) in [5.41, 5.74) is 2.27. The van der Waals surface area contributed by atoms with Crippen LogP contribution in [0.2, 0.25) is 0 Å². The number of guanidine groups is 1. The highest BCUT2D eigenvalue weighted by Gasteiger charge is 2.21. The molecule has 0 saturated carbocycles. The van der Waals surface area contributed by atoms with Crippen molar-refractivity contribution in [3.63, 3.8) is 0 Å². The van der Waals surface area contributed by atoms with Crippen LogP contribution in [-0.4, -0.2) is 44.2 Å². The van der Waals surface area contributed by atoms with Gasteiger partial charge in [-0.1, -0.05) is 19.9 Å². The Hall–Kier alpha value is -1.55. The molecule has 1 fully saturated rings. The van der Waals surface area contributed by atoms with Crippen molar-refractivity contribution in [2.24, 2.45) is 4.99 Å². The van der Waals surface area contributed by atoms with Gasteiger partial charge in [-0.15, -0.1) is 35.3 Å². The summed E-state index contributed by atoms with van der Waals surface area (Å²) in [7, 11) is 3.53. The third kappa shape index (κ3) is 6.74. The van der Waals surface area contributed by atoms with Gasteiger partial charge < -0.3 is 20.3 Å². The quantitative estimate of drug-likeness (QED) is 0.333. The molecule has 1 aromatic heterocycles. The van der Waals surface area contributed by atoms with Gasteiger partial charge in [0.1, 0.15) is 5.75 Å². The fourth-order valence-corrected chi connectivity index (χ4v) is 4.20. The molecular formula is C21H32IN5OS. The number of thiazole rings is 1. The predicted molar refractivity (Wildman–Crippen MR) is 133 cm³/mol. The number of piperidine rings is 1. The molecule has 2 N–H and O–H groups in total. The van der Waals surface area contributed by atoms with E-state index in [2.05, 4.69) is 56.9 Å². The minimum absolute atomic E-state index is 0. The lowest BCUT2D eigenvalue weighted by Gasteiger charge is -2.35. The number of ether oxygens (including phenoxy) is 1. The first-order valence-corrected chi connectivity index (χ1v) is 10.8. The fraction of sp³-hybridized carbons (Fsp3) is 0.524. The molecule has 1 atom stereocenters. The van der Waals surface area contributed by atoms with Crippen molar-refractivity contribution < 1.29 is 4.74 Å². The predicted octanol–water partition coefficient (Wildman–Crippen LogP) is 4.23. The zero-order valence-corrected chi connectivity index (χ0v) is 20.8. The summed E-state index contributed by atoms with van der Waals surface area (Å²) in [6.07, 6.45) is 2.28. The van der Waals surface area contributed by atoms with E-state index in [0.717, 1.165) is 43.3 Å². The number of hydrogen-bond acceptors (Lipinski definition) is 5. The third-order valence-corrected chi connectivity index (χ3v) is 6.10. The monoisotopic (exact) mass is 529 g/mol. The average molecular weight is 529 g/mol. The molecule has 0 radical (unpaired) electrons. The Morgan fingerprint density at radius 1 is 1.41 bits per heavy atom. The number of halogens is 1. The number of rotatable bonds is 6. The molecule has 1 aliphatic heterocycles. The Morgan fingerprint density at radius 2 is 2.24 bits per heavy atom. The summed E-state index contributed by atoms with van der Waals surface area (Å²) in [5, 5.41) is 10.3. The Labute approximate surface area is 195 Å². The van der Waals surface area contributed by atoms with Crippen molar-refractivity contribution in [3.05, 3.63) is 40.3 Å². The van der Waals surface area contributed by atoms with E-state index in [1.807, 2.05) is 19.2 Å². The Bertz CT molecular complexity index is 795. The minimum Gasteiger partial charge on any atom is -0.497 e. The second kappa shape index (κ2) is 11.6. The Kier molecular flexibility index (Phi) is 9.48. The molecule has 1 saturated heterocycles. The summed E-state index contributed by atoms with van der Waals surface area (Å²) in [6, 6.07) is 8.63. The maximum atomic E-state index is 5.37. The number of methoxy groups -OCH3 is 1. The smallest absolute Gasteiger partial charge is 0.191 e. The van der Waals surface area contributed by atoms with Crippen LogP contribution >= 0.6 is 35.3 Å². The summed E-state index contributed by atoms with van der Waals surface area (Å²) in [4.78, 5) is 11.5. The number of nitrogens with zero attached hydrogens (tertiary/aromatic N) is 3. The maximum Gasteiger partial charge on any atom is 0.191 e. The van der Waals surface area contributed by atoms with E-state index in [0.29, 0.717) is 18.5 Å². The molecule has 1 aliphatic rings. The first kappa shape index (κ1) is 23.7. The lowest BCUT2D eigenvalue weighted by atomic mass is 10.0. The van der Waals surface area contributed by atoms with Crippen LogP contribution in [0, 0.1) is 0 Å². The molecule has 160 valence electrons. The summed E-state index contributed by atoms with van der Waals surface area (Å²) >= 11 is 1.73. The van der Waals surface area contributed by atoms with Gasteiger partial charge in [0.05, 0.1) is 24.4 Å². The summed E-state index contributed by atoms with van der Waals surface area (Å²) in [5.74, 6) is 2.20. The second-order valence-corrected chi connectivity index (χ2v) is 8.28. The fourth-order valence-electron chi connectivity index (χ4n) is 3.37. The highest BCUT2D eigenvalue weighted by atomic mass is 127. The van der Waals surface area contributed by atoms with Crippen molar-refractivity contribution >= 4 is 47.0 Å². The number of aromatic nitrogens is 1. The average Bonchev–Trinajstić information content (AvgIpc) is 3.21. The molecule has 0 amide bonds. The Morgan fingerprint density at radius 3 is 2.93 bits per heavy atom. The van der Waals surface area contributed by atoms with E-state index in [-0.39, 0.29) is 24.0 Å². The van der Waals surface area contributed by atoms with Crippen LogP contribution in [0.25, 0.3) is 0 Å². The third-order valence-electron chi connectivity index (χ3n) is 4.90. The van der Waals surface area contributed by atoms with Crippen LogP contribution in [-0.2, 0) is 6.54 Å². The molecule has 3 rings (SSSR count).